The average molecular weight is 294 g/mol. The highest BCUT2D eigenvalue weighted by Crippen LogP contribution is 2.24. The number of para-hydroxylation sites is 1. The molecule has 1 saturated heterocycles. The number of benzene rings is 2. The second kappa shape index (κ2) is 6.02. The Labute approximate surface area is 130 Å². The number of nitrogens with zero attached hydrogens (tertiary/aromatic N) is 2. The molecule has 3 rings (SSSR count). The molecule has 2 aromatic carbocycles. The second-order valence-electron chi connectivity index (χ2n) is 5.47. The third-order valence-corrected chi connectivity index (χ3v) is 4.03. The Bertz CT molecular complexity index is 670. The first kappa shape index (κ1) is 14.3. The number of amides is 2. The zero-order valence-electron chi connectivity index (χ0n) is 12.5. The SMILES string of the molecule is CN(c1ccccc1)C1CC(=O)N(Cc2ccccc2)C1=O. The van der Waals surface area contributed by atoms with Crippen LogP contribution in [0.15, 0.2) is 60.7 Å². The van der Waals surface area contributed by atoms with Gasteiger partial charge in [-0.2, -0.15) is 0 Å². The molecule has 4 nitrogen and oxygen atoms in total. The van der Waals surface area contributed by atoms with Crippen molar-refractivity contribution in [3.05, 3.63) is 66.2 Å². The van der Waals surface area contributed by atoms with E-state index in [-0.39, 0.29) is 18.2 Å². The van der Waals surface area contributed by atoms with Gasteiger partial charge in [0.1, 0.15) is 6.04 Å². The zero-order chi connectivity index (χ0) is 15.5. The molecule has 1 aliphatic rings. The van der Waals surface area contributed by atoms with Gasteiger partial charge in [0.25, 0.3) is 5.91 Å². The summed E-state index contributed by atoms with van der Waals surface area (Å²) < 4.78 is 0. The van der Waals surface area contributed by atoms with E-state index < -0.39 is 6.04 Å². The van der Waals surface area contributed by atoms with Crippen molar-refractivity contribution in [2.24, 2.45) is 0 Å². The average Bonchev–Trinajstić information content (AvgIpc) is 2.84. The minimum Gasteiger partial charge on any atom is -0.362 e. The Balaban J connectivity index is 1.77. The molecule has 1 unspecified atom stereocenters. The molecule has 0 aromatic heterocycles. The van der Waals surface area contributed by atoms with Gasteiger partial charge in [0.2, 0.25) is 5.91 Å². The highest BCUT2D eigenvalue weighted by molar-refractivity contribution is 6.07. The molecule has 1 fully saturated rings. The molecular weight excluding hydrogens is 276 g/mol. The molecule has 0 saturated carbocycles. The number of rotatable bonds is 4. The topological polar surface area (TPSA) is 40.6 Å². The van der Waals surface area contributed by atoms with E-state index in [0.717, 1.165) is 11.3 Å². The quantitative estimate of drug-likeness (QED) is 0.813. The summed E-state index contributed by atoms with van der Waals surface area (Å²) in [6, 6.07) is 18.8. The Morgan fingerprint density at radius 1 is 1.00 bits per heavy atom. The van der Waals surface area contributed by atoms with Crippen molar-refractivity contribution in [1.29, 1.82) is 0 Å². The van der Waals surface area contributed by atoms with E-state index in [4.69, 9.17) is 0 Å². The van der Waals surface area contributed by atoms with Gasteiger partial charge in [-0.05, 0) is 17.7 Å². The Hall–Kier alpha value is -2.62. The molecule has 0 spiro atoms. The van der Waals surface area contributed by atoms with Gasteiger partial charge in [0.15, 0.2) is 0 Å². The van der Waals surface area contributed by atoms with Crippen molar-refractivity contribution in [2.45, 2.75) is 19.0 Å². The number of imide groups is 1. The van der Waals surface area contributed by atoms with Gasteiger partial charge in [-0.25, -0.2) is 0 Å². The van der Waals surface area contributed by atoms with E-state index in [1.54, 1.807) is 0 Å². The van der Waals surface area contributed by atoms with Crippen molar-refractivity contribution in [3.8, 4) is 0 Å². The maximum atomic E-state index is 12.6. The number of likely N-dealkylation sites (tertiary alicyclic amines) is 1. The summed E-state index contributed by atoms with van der Waals surface area (Å²) >= 11 is 0. The molecule has 4 heteroatoms. The third kappa shape index (κ3) is 2.72. The van der Waals surface area contributed by atoms with Crippen LogP contribution >= 0.6 is 0 Å². The Morgan fingerprint density at radius 2 is 1.59 bits per heavy atom. The summed E-state index contributed by atoms with van der Waals surface area (Å²) in [7, 11) is 1.86. The Morgan fingerprint density at radius 3 is 2.23 bits per heavy atom. The monoisotopic (exact) mass is 294 g/mol. The Kier molecular flexibility index (Phi) is 3.92. The van der Waals surface area contributed by atoms with Crippen LogP contribution in [0.1, 0.15) is 12.0 Å². The molecule has 1 aliphatic heterocycles. The van der Waals surface area contributed by atoms with Crippen LogP contribution in [0, 0.1) is 0 Å². The fourth-order valence-corrected chi connectivity index (χ4v) is 2.74. The van der Waals surface area contributed by atoms with Crippen LogP contribution < -0.4 is 4.90 Å². The number of anilines is 1. The van der Waals surface area contributed by atoms with E-state index in [9.17, 15) is 9.59 Å². The van der Waals surface area contributed by atoms with Gasteiger partial charge in [-0.15, -0.1) is 0 Å². The standard InChI is InChI=1S/C18H18N2O2/c1-19(15-10-6-3-7-11-15)16-12-17(21)20(18(16)22)13-14-8-4-2-5-9-14/h2-11,16H,12-13H2,1H3. The highest BCUT2D eigenvalue weighted by Gasteiger charge is 2.40. The van der Waals surface area contributed by atoms with Gasteiger partial charge >= 0.3 is 0 Å². The lowest BCUT2D eigenvalue weighted by Crippen LogP contribution is -2.39. The summed E-state index contributed by atoms with van der Waals surface area (Å²) in [5, 5.41) is 0. The fraction of sp³-hybridized carbons (Fsp3) is 0.222. The van der Waals surface area contributed by atoms with Crippen LogP contribution in [0.4, 0.5) is 5.69 Å². The van der Waals surface area contributed by atoms with E-state index in [0.29, 0.717) is 6.54 Å². The van der Waals surface area contributed by atoms with Crippen molar-refractivity contribution in [1.82, 2.24) is 4.90 Å². The number of carbonyl (C=O) groups excluding carboxylic acids is 2. The molecule has 22 heavy (non-hydrogen) atoms. The van der Waals surface area contributed by atoms with Crippen molar-refractivity contribution < 1.29 is 9.59 Å². The van der Waals surface area contributed by atoms with Gasteiger partial charge in [0, 0.05) is 12.7 Å². The van der Waals surface area contributed by atoms with E-state index in [2.05, 4.69) is 0 Å². The van der Waals surface area contributed by atoms with Gasteiger partial charge in [0.05, 0.1) is 13.0 Å². The maximum absolute atomic E-state index is 12.6. The van der Waals surface area contributed by atoms with Crippen LogP contribution in [0.25, 0.3) is 0 Å². The van der Waals surface area contributed by atoms with Crippen molar-refractivity contribution >= 4 is 17.5 Å². The van der Waals surface area contributed by atoms with Gasteiger partial charge in [-0.1, -0.05) is 48.5 Å². The number of carbonyl (C=O) groups is 2. The largest absolute Gasteiger partial charge is 0.362 e. The second-order valence-corrected chi connectivity index (χ2v) is 5.47. The van der Waals surface area contributed by atoms with Crippen LogP contribution in [-0.2, 0) is 16.1 Å². The molecule has 0 radical (unpaired) electrons. The lowest BCUT2D eigenvalue weighted by molar-refractivity contribution is -0.139. The molecule has 1 atom stereocenters. The molecule has 2 amide bonds. The van der Waals surface area contributed by atoms with Crippen LogP contribution in [0.3, 0.4) is 0 Å². The molecule has 112 valence electrons. The summed E-state index contributed by atoms with van der Waals surface area (Å²) in [5.41, 5.74) is 1.91. The third-order valence-electron chi connectivity index (χ3n) is 4.03. The molecular formula is C18H18N2O2. The van der Waals surface area contributed by atoms with Crippen LogP contribution in [0.5, 0.6) is 0 Å². The first-order chi connectivity index (χ1) is 10.7. The number of likely N-dealkylation sites (N-methyl/N-ethyl adjacent to an activating group) is 1. The van der Waals surface area contributed by atoms with Crippen molar-refractivity contribution in [3.63, 3.8) is 0 Å². The molecule has 2 aromatic rings. The zero-order valence-corrected chi connectivity index (χ0v) is 12.5. The number of hydrogen-bond acceptors (Lipinski definition) is 3. The summed E-state index contributed by atoms with van der Waals surface area (Å²) in [4.78, 5) is 28.1. The maximum Gasteiger partial charge on any atom is 0.252 e. The highest BCUT2D eigenvalue weighted by atomic mass is 16.2. The molecule has 0 bridgehead atoms. The predicted molar refractivity (Wildman–Crippen MR) is 85.2 cm³/mol. The minimum absolute atomic E-state index is 0.110. The smallest absolute Gasteiger partial charge is 0.252 e. The van der Waals surface area contributed by atoms with Crippen molar-refractivity contribution in [2.75, 3.05) is 11.9 Å². The normalized spacial score (nSPS) is 17.9. The molecule has 0 N–H and O–H groups in total. The lowest BCUT2D eigenvalue weighted by atomic mass is 10.2. The van der Waals surface area contributed by atoms with E-state index in [1.165, 1.54) is 4.90 Å². The lowest BCUT2D eigenvalue weighted by Gasteiger charge is -2.25. The summed E-state index contributed by atoms with van der Waals surface area (Å²) in [6.45, 7) is 0.345. The predicted octanol–water partition coefficient (Wildman–Crippen LogP) is 2.45. The van der Waals surface area contributed by atoms with E-state index in [1.807, 2.05) is 72.6 Å². The summed E-state index contributed by atoms with van der Waals surface area (Å²) in [6.07, 6.45) is 0.233. The first-order valence-electron chi connectivity index (χ1n) is 7.33. The van der Waals surface area contributed by atoms with E-state index >= 15 is 0 Å². The first-order valence-corrected chi connectivity index (χ1v) is 7.33. The minimum atomic E-state index is -0.418. The van der Waals surface area contributed by atoms with Crippen LogP contribution in [0.2, 0.25) is 0 Å². The van der Waals surface area contributed by atoms with Crippen LogP contribution in [-0.4, -0.2) is 29.8 Å². The molecule has 0 aliphatic carbocycles. The summed E-state index contributed by atoms with van der Waals surface area (Å²) in [5.74, 6) is -0.234. The fourth-order valence-electron chi connectivity index (χ4n) is 2.74. The number of hydrogen-bond donors (Lipinski definition) is 0. The van der Waals surface area contributed by atoms with Gasteiger partial charge in [-0.3, -0.25) is 14.5 Å². The molecule has 1 heterocycles. The van der Waals surface area contributed by atoms with Gasteiger partial charge < -0.3 is 4.90 Å².